The number of aromatic hydroxyl groups is 1. The highest BCUT2D eigenvalue weighted by Gasteiger charge is 2.19. The number of halogens is 2. The van der Waals surface area contributed by atoms with E-state index in [1.54, 1.807) is 6.07 Å². The third-order valence-corrected chi connectivity index (χ3v) is 2.88. The van der Waals surface area contributed by atoms with E-state index in [2.05, 4.69) is 5.10 Å². The monoisotopic (exact) mass is 281 g/mol. The standard InChI is InChI=1S/C12H9ClFN3O2/c1-6-12(18)10(5-15)17(16-6)9-4-11(19-2)7(13)3-8(9)14/h3-4,18H,1-2H3. The van der Waals surface area contributed by atoms with E-state index in [1.807, 2.05) is 0 Å². The third kappa shape index (κ3) is 2.09. The number of ether oxygens (including phenoxy) is 1. The average Bonchev–Trinajstić information content (AvgIpc) is 2.65. The molecule has 0 aliphatic rings. The fraction of sp³-hybridized carbons (Fsp3) is 0.167. The van der Waals surface area contributed by atoms with Crippen LogP contribution in [0.15, 0.2) is 12.1 Å². The number of nitriles is 1. The molecule has 5 nitrogen and oxygen atoms in total. The summed E-state index contributed by atoms with van der Waals surface area (Å²) in [5.74, 6) is -0.713. The molecule has 1 aromatic heterocycles. The lowest BCUT2D eigenvalue weighted by molar-refractivity contribution is 0.413. The van der Waals surface area contributed by atoms with Gasteiger partial charge in [0.25, 0.3) is 0 Å². The molecule has 98 valence electrons. The molecule has 1 N–H and O–H groups in total. The Kier molecular flexibility index (Phi) is 3.32. The minimum absolute atomic E-state index is 0.0267. The van der Waals surface area contributed by atoms with Crippen LogP contribution in [0.5, 0.6) is 11.5 Å². The van der Waals surface area contributed by atoms with Crippen LogP contribution in [-0.2, 0) is 0 Å². The van der Waals surface area contributed by atoms with Crippen molar-refractivity contribution in [3.63, 3.8) is 0 Å². The molecule has 2 aromatic rings. The van der Waals surface area contributed by atoms with E-state index in [-0.39, 0.29) is 33.6 Å². The summed E-state index contributed by atoms with van der Waals surface area (Å²) < 4.78 is 19.9. The van der Waals surface area contributed by atoms with Gasteiger partial charge in [-0.2, -0.15) is 10.4 Å². The van der Waals surface area contributed by atoms with Crippen molar-refractivity contribution in [2.75, 3.05) is 7.11 Å². The number of aromatic nitrogens is 2. The fourth-order valence-corrected chi connectivity index (χ4v) is 1.86. The molecule has 0 bridgehead atoms. The summed E-state index contributed by atoms with van der Waals surface area (Å²) in [6.45, 7) is 1.51. The summed E-state index contributed by atoms with van der Waals surface area (Å²) in [6, 6.07) is 4.14. The first kappa shape index (κ1) is 13.2. The Hall–Kier alpha value is -2.26. The molecule has 0 unspecified atom stereocenters. The lowest BCUT2D eigenvalue weighted by atomic mass is 10.2. The first-order valence-corrected chi connectivity index (χ1v) is 5.59. The van der Waals surface area contributed by atoms with Gasteiger partial charge in [0.1, 0.15) is 23.2 Å². The van der Waals surface area contributed by atoms with Crippen LogP contribution in [0.1, 0.15) is 11.4 Å². The average molecular weight is 282 g/mol. The minimum Gasteiger partial charge on any atom is -0.504 e. The smallest absolute Gasteiger partial charge is 0.186 e. The molecule has 0 fully saturated rings. The minimum atomic E-state index is -0.676. The molecule has 7 heteroatoms. The molecule has 0 radical (unpaired) electrons. The molecule has 0 saturated carbocycles. The first-order valence-electron chi connectivity index (χ1n) is 5.21. The van der Waals surface area contributed by atoms with Crippen molar-refractivity contribution in [2.24, 2.45) is 0 Å². The topological polar surface area (TPSA) is 71.1 Å². The van der Waals surface area contributed by atoms with Gasteiger partial charge in [0.05, 0.1) is 12.1 Å². The van der Waals surface area contributed by atoms with E-state index in [1.165, 1.54) is 20.1 Å². The zero-order chi connectivity index (χ0) is 14.2. The molecule has 0 saturated heterocycles. The maximum absolute atomic E-state index is 13.9. The van der Waals surface area contributed by atoms with E-state index in [4.69, 9.17) is 21.6 Å². The van der Waals surface area contributed by atoms with Gasteiger partial charge in [0.15, 0.2) is 17.3 Å². The summed E-state index contributed by atoms with van der Waals surface area (Å²) in [4.78, 5) is 0. The van der Waals surface area contributed by atoms with Gasteiger partial charge in [0.2, 0.25) is 0 Å². The van der Waals surface area contributed by atoms with Crippen LogP contribution < -0.4 is 4.74 Å². The highest BCUT2D eigenvalue weighted by molar-refractivity contribution is 6.32. The van der Waals surface area contributed by atoms with Gasteiger partial charge in [-0.15, -0.1) is 0 Å². The van der Waals surface area contributed by atoms with Crippen molar-refractivity contribution < 1.29 is 14.2 Å². The van der Waals surface area contributed by atoms with E-state index < -0.39 is 5.82 Å². The number of benzene rings is 1. The largest absolute Gasteiger partial charge is 0.504 e. The van der Waals surface area contributed by atoms with Gasteiger partial charge in [-0.25, -0.2) is 9.07 Å². The Bertz CT molecular complexity index is 691. The van der Waals surface area contributed by atoms with Crippen molar-refractivity contribution in [3.8, 4) is 23.3 Å². The molecule has 1 aromatic carbocycles. The predicted octanol–water partition coefficient (Wildman–Crippen LogP) is 2.56. The van der Waals surface area contributed by atoms with Gasteiger partial charge in [-0.1, -0.05) is 11.6 Å². The van der Waals surface area contributed by atoms with Gasteiger partial charge in [-0.3, -0.25) is 0 Å². The SMILES string of the molecule is COc1cc(-n2nc(C)c(O)c2C#N)c(F)cc1Cl. The van der Waals surface area contributed by atoms with Crippen molar-refractivity contribution in [1.29, 1.82) is 5.26 Å². The van der Waals surface area contributed by atoms with Crippen LogP contribution in [0.25, 0.3) is 5.69 Å². The van der Waals surface area contributed by atoms with Crippen LogP contribution in [0.4, 0.5) is 4.39 Å². The number of rotatable bonds is 2. The third-order valence-electron chi connectivity index (χ3n) is 2.58. The van der Waals surface area contributed by atoms with Gasteiger partial charge >= 0.3 is 0 Å². The maximum atomic E-state index is 13.9. The second kappa shape index (κ2) is 4.78. The van der Waals surface area contributed by atoms with E-state index in [0.717, 1.165) is 10.7 Å². The summed E-state index contributed by atoms with van der Waals surface area (Å²) in [5.41, 5.74) is 0.0480. The molecule has 2 rings (SSSR count). The van der Waals surface area contributed by atoms with Crippen molar-refractivity contribution >= 4 is 11.6 Å². The Labute approximate surface area is 113 Å². The zero-order valence-electron chi connectivity index (χ0n) is 10.1. The molecule has 1 heterocycles. The Morgan fingerprint density at radius 1 is 1.53 bits per heavy atom. The summed E-state index contributed by atoms with van der Waals surface area (Å²) in [7, 11) is 1.39. The van der Waals surface area contributed by atoms with Crippen LogP contribution in [0.2, 0.25) is 5.02 Å². The van der Waals surface area contributed by atoms with Crippen molar-refractivity contribution in [2.45, 2.75) is 6.92 Å². The van der Waals surface area contributed by atoms with Crippen LogP contribution in [-0.4, -0.2) is 22.0 Å². The summed E-state index contributed by atoms with van der Waals surface area (Å²) in [5, 5.41) is 22.7. The molecule has 0 amide bonds. The quantitative estimate of drug-likeness (QED) is 0.918. The molecule has 0 spiro atoms. The lowest BCUT2D eigenvalue weighted by Gasteiger charge is -2.08. The molecule has 0 aliphatic carbocycles. The normalized spacial score (nSPS) is 10.3. The molecule has 0 aliphatic heterocycles. The van der Waals surface area contributed by atoms with Gasteiger partial charge < -0.3 is 9.84 Å². The lowest BCUT2D eigenvalue weighted by Crippen LogP contribution is -2.03. The highest BCUT2D eigenvalue weighted by atomic mass is 35.5. The Balaban J connectivity index is 2.73. The number of aryl methyl sites for hydroxylation is 1. The fourth-order valence-electron chi connectivity index (χ4n) is 1.63. The van der Waals surface area contributed by atoms with Crippen molar-refractivity contribution in [3.05, 3.63) is 34.4 Å². The molecular formula is C12H9ClFN3O2. The van der Waals surface area contributed by atoms with Gasteiger partial charge in [0, 0.05) is 6.07 Å². The number of methoxy groups -OCH3 is 1. The molecular weight excluding hydrogens is 273 g/mol. The first-order chi connectivity index (χ1) is 8.99. The van der Waals surface area contributed by atoms with E-state index in [9.17, 15) is 9.50 Å². The Morgan fingerprint density at radius 3 is 2.79 bits per heavy atom. The second-order valence-electron chi connectivity index (χ2n) is 3.74. The van der Waals surface area contributed by atoms with Crippen LogP contribution in [0, 0.1) is 24.1 Å². The molecule has 19 heavy (non-hydrogen) atoms. The number of hydrogen-bond donors (Lipinski definition) is 1. The van der Waals surface area contributed by atoms with Crippen LogP contribution in [0.3, 0.4) is 0 Å². The van der Waals surface area contributed by atoms with Crippen molar-refractivity contribution in [1.82, 2.24) is 9.78 Å². The zero-order valence-corrected chi connectivity index (χ0v) is 10.9. The van der Waals surface area contributed by atoms with Crippen LogP contribution >= 0.6 is 11.6 Å². The maximum Gasteiger partial charge on any atom is 0.186 e. The predicted molar refractivity (Wildman–Crippen MR) is 66.2 cm³/mol. The second-order valence-corrected chi connectivity index (χ2v) is 4.15. The number of nitrogens with zero attached hydrogens (tertiary/aromatic N) is 3. The molecule has 0 atom stereocenters. The Morgan fingerprint density at radius 2 is 2.21 bits per heavy atom. The summed E-state index contributed by atoms with van der Waals surface area (Å²) >= 11 is 5.79. The van der Waals surface area contributed by atoms with Gasteiger partial charge in [-0.05, 0) is 13.0 Å². The highest BCUT2D eigenvalue weighted by Crippen LogP contribution is 2.31. The number of hydrogen-bond acceptors (Lipinski definition) is 4. The van der Waals surface area contributed by atoms with E-state index in [0.29, 0.717) is 0 Å². The summed E-state index contributed by atoms with van der Waals surface area (Å²) in [6.07, 6.45) is 0. The van der Waals surface area contributed by atoms with E-state index >= 15 is 0 Å².